The zero-order valence-electron chi connectivity index (χ0n) is 30.3. The molecular formula is C52H33N3S. The van der Waals surface area contributed by atoms with Gasteiger partial charge in [0.25, 0.3) is 0 Å². The summed E-state index contributed by atoms with van der Waals surface area (Å²) in [5.41, 5.74) is 10.4. The zero-order valence-corrected chi connectivity index (χ0v) is 31.1. The van der Waals surface area contributed by atoms with Gasteiger partial charge in [-0.1, -0.05) is 109 Å². The summed E-state index contributed by atoms with van der Waals surface area (Å²) < 4.78 is 7.42. The van der Waals surface area contributed by atoms with Crippen LogP contribution in [0.1, 0.15) is 0 Å². The van der Waals surface area contributed by atoms with Gasteiger partial charge in [0.2, 0.25) is 0 Å². The second kappa shape index (κ2) is 12.2. The van der Waals surface area contributed by atoms with E-state index in [0.717, 1.165) is 28.4 Å². The molecule has 0 aliphatic rings. The van der Waals surface area contributed by atoms with Gasteiger partial charge in [-0.05, 0) is 102 Å². The van der Waals surface area contributed by atoms with Crippen LogP contribution in [0.15, 0.2) is 200 Å². The fourth-order valence-electron chi connectivity index (χ4n) is 9.02. The molecule has 3 nitrogen and oxygen atoms in total. The van der Waals surface area contributed by atoms with Crippen molar-refractivity contribution in [2.45, 2.75) is 0 Å². The molecule has 3 aromatic heterocycles. The summed E-state index contributed by atoms with van der Waals surface area (Å²) in [6.07, 6.45) is 0. The number of para-hydroxylation sites is 3. The molecule has 12 aromatic rings. The quantitative estimate of drug-likeness (QED) is 0.172. The lowest BCUT2D eigenvalue weighted by Crippen LogP contribution is -2.10. The summed E-state index contributed by atoms with van der Waals surface area (Å²) in [4.78, 5) is 2.42. The van der Waals surface area contributed by atoms with Gasteiger partial charge >= 0.3 is 0 Å². The van der Waals surface area contributed by atoms with Crippen molar-refractivity contribution in [3.63, 3.8) is 0 Å². The lowest BCUT2D eigenvalue weighted by Gasteiger charge is -2.26. The minimum absolute atomic E-state index is 1.10. The van der Waals surface area contributed by atoms with E-state index < -0.39 is 0 Å². The summed E-state index contributed by atoms with van der Waals surface area (Å²) in [6.45, 7) is 0. The molecule has 9 aromatic carbocycles. The van der Waals surface area contributed by atoms with Crippen molar-refractivity contribution in [2.75, 3.05) is 4.90 Å². The Balaban J connectivity index is 1.08. The third-order valence-electron chi connectivity index (χ3n) is 11.5. The number of hydrogen-bond donors (Lipinski definition) is 0. The number of fused-ring (bicyclic) bond motifs is 11. The van der Waals surface area contributed by atoms with Crippen LogP contribution in [-0.2, 0) is 0 Å². The molecule has 0 radical (unpaired) electrons. The highest BCUT2D eigenvalue weighted by Gasteiger charge is 2.20. The summed E-state index contributed by atoms with van der Waals surface area (Å²) in [5.74, 6) is 0. The van der Waals surface area contributed by atoms with Crippen LogP contribution < -0.4 is 4.90 Å². The molecule has 0 N–H and O–H groups in total. The molecule has 0 fully saturated rings. The monoisotopic (exact) mass is 731 g/mol. The molecule has 0 aliphatic carbocycles. The lowest BCUT2D eigenvalue weighted by atomic mass is 10.0. The molecule has 56 heavy (non-hydrogen) atoms. The molecule has 0 saturated carbocycles. The van der Waals surface area contributed by atoms with Gasteiger partial charge < -0.3 is 14.0 Å². The molecule has 0 unspecified atom stereocenters. The van der Waals surface area contributed by atoms with Crippen LogP contribution in [0.4, 0.5) is 17.1 Å². The zero-order chi connectivity index (χ0) is 36.7. The first-order chi connectivity index (χ1) is 27.8. The van der Waals surface area contributed by atoms with E-state index in [1.165, 1.54) is 74.6 Å². The Morgan fingerprint density at radius 3 is 1.73 bits per heavy atom. The molecule has 0 bridgehead atoms. The summed E-state index contributed by atoms with van der Waals surface area (Å²) in [7, 11) is 0. The van der Waals surface area contributed by atoms with E-state index in [1.807, 2.05) is 11.3 Å². The third kappa shape index (κ3) is 4.63. The highest BCUT2D eigenvalue weighted by atomic mass is 32.1. The number of thiophene rings is 1. The van der Waals surface area contributed by atoms with Crippen molar-refractivity contribution in [3.8, 4) is 11.4 Å². The first-order valence-electron chi connectivity index (χ1n) is 19.1. The number of benzene rings is 9. The summed E-state index contributed by atoms with van der Waals surface area (Å²) >= 11 is 1.86. The smallest absolute Gasteiger partial charge is 0.0561 e. The third-order valence-corrected chi connectivity index (χ3v) is 12.6. The lowest BCUT2D eigenvalue weighted by molar-refractivity contribution is 1.17. The Morgan fingerprint density at radius 2 is 0.893 bits per heavy atom. The number of anilines is 3. The van der Waals surface area contributed by atoms with E-state index in [0.29, 0.717) is 0 Å². The highest BCUT2D eigenvalue weighted by molar-refractivity contribution is 7.25. The second-order valence-electron chi connectivity index (χ2n) is 14.6. The highest BCUT2D eigenvalue weighted by Crippen LogP contribution is 2.44. The van der Waals surface area contributed by atoms with Gasteiger partial charge in [-0.25, -0.2) is 0 Å². The van der Waals surface area contributed by atoms with Gasteiger partial charge in [0.1, 0.15) is 0 Å². The van der Waals surface area contributed by atoms with Crippen molar-refractivity contribution in [2.24, 2.45) is 0 Å². The van der Waals surface area contributed by atoms with Crippen LogP contribution >= 0.6 is 11.3 Å². The van der Waals surface area contributed by atoms with Gasteiger partial charge in [-0.2, -0.15) is 0 Å². The number of rotatable bonds is 5. The SMILES string of the molecule is c1ccc(-n2c3ccccc3c3ccc(N(c4ccc(-n5c6ccccc6c6c7ccccc7ccc65)cc4)c4ccc5sc6ccccc6c5c4)cc32)cc1. The van der Waals surface area contributed by atoms with E-state index in [2.05, 4.69) is 214 Å². The Hall–Kier alpha value is -7.14. The first kappa shape index (κ1) is 31.2. The van der Waals surface area contributed by atoms with Gasteiger partial charge in [0, 0.05) is 70.2 Å². The predicted molar refractivity (Wildman–Crippen MR) is 240 cm³/mol. The van der Waals surface area contributed by atoms with Gasteiger partial charge in [0.15, 0.2) is 0 Å². The van der Waals surface area contributed by atoms with Crippen LogP contribution in [-0.4, -0.2) is 9.13 Å². The normalized spacial score (nSPS) is 11.9. The Labute approximate surface area is 327 Å². The molecular weight excluding hydrogens is 699 g/mol. The Morgan fingerprint density at radius 1 is 0.321 bits per heavy atom. The fourth-order valence-corrected chi connectivity index (χ4v) is 10.1. The largest absolute Gasteiger partial charge is 0.310 e. The molecule has 0 atom stereocenters. The molecule has 4 heteroatoms. The maximum Gasteiger partial charge on any atom is 0.0561 e. The first-order valence-corrected chi connectivity index (χ1v) is 19.9. The topological polar surface area (TPSA) is 13.1 Å². The van der Waals surface area contributed by atoms with Crippen molar-refractivity contribution in [3.05, 3.63) is 200 Å². The molecule has 3 heterocycles. The van der Waals surface area contributed by atoms with E-state index in [4.69, 9.17) is 0 Å². The van der Waals surface area contributed by atoms with Crippen molar-refractivity contribution in [1.82, 2.24) is 9.13 Å². The molecule has 0 aliphatic heterocycles. The van der Waals surface area contributed by atoms with Crippen LogP contribution in [0.25, 0.3) is 85.9 Å². The average molecular weight is 732 g/mol. The maximum absolute atomic E-state index is 2.42. The van der Waals surface area contributed by atoms with Crippen molar-refractivity contribution < 1.29 is 0 Å². The summed E-state index contributed by atoms with van der Waals surface area (Å²) in [6, 6.07) is 73.2. The Kier molecular flexibility index (Phi) is 6.80. The van der Waals surface area contributed by atoms with Gasteiger partial charge in [0.05, 0.1) is 22.1 Å². The number of hydrogen-bond acceptors (Lipinski definition) is 2. The van der Waals surface area contributed by atoms with Crippen LogP contribution in [0.3, 0.4) is 0 Å². The van der Waals surface area contributed by atoms with E-state index in [-0.39, 0.29) is 0 Å². The van der Waals surface area contributed by atoms with Crippen molar-refractivity contribution >= 4 is 103 Å². The number of aromatic nitrogens is 2. The van der Waals surface area contributed by atoms with Gasteiger partial charge in [-0.15, -0.1) is 11.3 Å². The molecule has 262 valence electrons. The van der Waals surface area contributed by atoms with E-state index in [9.17, 15) is 0 Å². The fraction of sp³-hybridized carbons (Fsp3) is 0. The van der Waals surface area contributed by atoms with E-state index in [1.54, 1.807) is 0 Å². The van der Waals surface area contributed by atoms with Crippen LogP contribution in [0, 0.1) is 0 Å². The summed E-state index contributed by atoms with van der Waals surface area (Å²) in [5, 5.41) is 10.2. The minimum atomic E-state index is 1.10. The standard InChI is InChI=1S/C52H33N3S/c1-2-13-35(14-3-1)55-46-19-9-6-16-41(46)42-29-27-39(33-49(42)55)53(38-28-31-51-45(32-38)43-17-8-11-21-50(43)56-51)36-23-25-37(26-24-36)54-47-20-10-7-18-44(47)52-40-15-5-4-12-34(40)22-30-48(52)54/h1-33H. The van der Waals surface area contributed by atoms with Crippen molar-refractivity contribution in [1.29, 1.82) is 0 Å². The minimum Gasteiger partial charge on any atom is -0.310 e. The Bertz CT molecular complexity index is 3480. The molecule has 0 saturated heterocycles. The number of nitrogens with zero attached hydrogens (tertiary/aromatic N) is 3. The maximum atomic E-state index is 2.42. The second-order valence-corrected chi connectivity index (χ2v) is 15.6. The van der Waals surface area contributed by atoms with E-state index >= 15 is 0 Å². The van der Waals surface area contributed by atoms with Crippen LogP contribution in [0.2, 0.25) is 0 Å². The predicted octanol–water partition coefficient (Wildman–Crippen LogP) is 14.9. The molecule has 0 amide bonds. The van der Waals surface area contributed by atoms with Crippen LogP contribution in [0.5, 0.6) is 0 Å². The molecule has 0 spiro atoms. The average Bonchev–Trinajstić information content (AvgIpc) is 3.92. The molecule has 12 rings (SSSR count). The van der Waals surface area contributed by atoms with Gasteiger partial charge in [-0.3, -0.25) is 0 Å².